The molecule has 98 valence electrons. The van der Waals surface area contributed by atoms with Gasteiger partial charge in [0.2, 0.25) is 5.88 Å². The molecule has 0 aliphatic carbocycles. The van der Waals surface area contributed by atoms with Crippen molar-refractivity contribution in [3.63, 3.8) is 0 Å². The quantitative estimate of drug-likeness (QED) is 0.842. The molecule has 1 heterocycles. The minimum atomic E-state index is -0.172. The summed E-state index contributed by atoms with van der Waals surface area (Å²) in [7, 11) is 1.51. The number of para-hydroxylation sites is 1. The summed E-state index contributed by atoms with van der Waals surface area (Å²) < 4.78 is 5.00. The summed E-state index contributed by atoms with van der Waals surface area (Å²) in [5.74, 6) is 0.205. The Morgan fingerprint density at radius 3 is 2.63 bits per heavy atom. The van der Waals surface area contributed by atoms with Gasteiger partial charge in [0.1, 0.15) is 12.0 Å². The SMILES string of the molecule is CCN(C(=O)c1cc(OC)ncn1)c1ccccc1. The third-order valence-corrected chi connectivity index (χ3v) is 2.70. The van der Waals surface area contributed by atoms with Crippen LogP contribution < -0.4 is 9.64 Å². The predicted octanol–water partition coefficient (Wildman–Crippen LogP) is 2.15. The van der Waals surface area contributed by atoms with Gasteiger partial charge in [-0.05, 0) is 19.1 Å². The number of rotatable bonds is 4. The van der Waals surface area contributed by atoms with E-state index >= 15 is 0 Å². The van der Waals surface area contributed by atoms with Crippen LogP contribution in [-0.4, -0.2) is 29.5 Å². The van der Waals surface area contributed by atoms with Gasteiger partial charge in [0, 0.05) is 18.3 Å². The van der Waals surface area contributed by atoms with Gasteiger partial charge in [-0.3, -0.25) is 4.79 Å². The standard InChI is InChI=1S/C14H15N3O2/c1-3-17(11-7-5-4-6-8-11)14(18)12-9-13(19-2)16-10-15-12/h4-10H,3H2,1-2H3. The molecule has 5 heteroatoms. The number of hydrogen-bond donors (Lipinski definition) is 0. The van der Waals surface area contributed by atoms with Gasteiger partial charge in [0.25, 0.3) is 5.91 Å². The van der Waals surface area contributed by atoms with Crippen LogP contribution in [0, 0.1) is 0 Å². The van der Waals surface area contributed by atoms with E-state index in [1.807, 2.05) is 37.3 Å². The number of carbonyl (C=O) groups excluding carboxylic acids is 1. The van der Waals surface area contributed by atoms with Gasteiger partial charge >= 0.3 is 0 Å². The Balaban J connectivity index is 2.30. The second-order valence-corrected chi connectivity index (χ2v) is 3.83. The van der Waals surface area contributed by atoms with Crippen molar-refractivity contribution >= 4 is 11.6 Å². The van der Waals surface area contributed by atoms with Crippen molar-refractivity contribution in [1.82, 2.24) is 9.97 Å². The van der Waals surface area contributed by atoms with Crippen LogP contribution >= 0.6 is 0 Å². The lowest BCUT2D eigenvalue weighted by Crippen LogP contribution is -2.31. The highest BCUT2D eigenvalue weighted by molar-refractivity contribution is 6.04. The molecule has 0 unspecified atom stereocenters. The highest BCUT2D eigenvalue weighted by Crippen LogP contribution is 2.16. The Bertz CT molecular complexity index is 558. The van der Waals surface area contributed by atoms with Crippen LogP contribution in [0.2, 0.25) is 0 Å². The zero-order chi connectivity index (χ0) is 13.7. The number of anilines is 1. The molecular weight excluding hydrogens is 242 g/mol. The monoisotopic (exact) mass is 257 g/mol. The van der Waals surface area contributed by atoms with E-state index in [0.717, 1.165) is 5.69 Å². The van der Waals surface area contributed by atoms with Crippen molar-refractivity contribution in [3.05, 3.63) is 48.4 Å². The van der Waals surface area contributed by atoms with E-state index in [4.69, 9.17) is 4.74 Å². The van der Waals surface area contributed by atoms with E-state index in [1.165, 1.54) is 19.5 Å². The third-order valence-electron chi connectivity index (χ3n) is 2.70. The second kappa shape index (κ2) is 5.95. The first-order chi connectivity index (χ1) is 9.26. The maximum absolute atomic E-state index is 12.4. The fourth-order valence-electron chi connectivity index (χ4n) is 1.76. The lowest BCUT2D eigenvalue weighted by molar-refractivity contribution is 0.0983. The summed E-state index contributed by atoms with van der Waals surface area (Å²) in [6, 6.07) is 11.0. The van der Waals surface area contributed by atoms with Gasteiger partial charge in [-0.15, -0.1) is 0 Å². The molecular formula is C14H15N3O2. The highest BCUT2D eigenvalue weighted by Gasteiger charge is 2.17. The van der Waals surface area contributed by atoms with Crippen LogP contribution in [0.25, 0.3) is 0 Å². The van der Waals surface area contributed by atoms with Crippen LogP contribution in [0.5, 0.6) is 5.88 Å². The number of amides is 1. The molecule has 0 aliphatic heterocycles. The van der Waals surface area contributed by atoms with Gasteiger partial charge in [0.15, 0.2) is 0 Å². The fraction of sp³-hybridized carbons (Fsp3) is 0.214. The molecule has 2 rings (SSSR count). The van der Waals surface area contributed by atoms with Gasteiger partial charge in [-0.2, -0.15) is 0 Å². The number of hydrogen-bond acceptors (Lipinski definition) is 4. The Kier molecular flexibility index (Phi) is 4.07. The molecule has 0 saturated carbocycles. The second-order valence-electron chi connectivity index (χ2n) is 3.83. The number of nitrogens with zero attached hydrogens (tertiary/aromatic N) is 3. The molecule has 0 atom stereocenters. The molecule has 19 heavy (non-hydrogen) atoms. The molecule has 0 spiro atoms. The van der Waals surface area contributed by atoms with Crippen molar-refractivity contribution < 1.29 is 9.53 Å². The fourth-order valence-corrected chi connectivity index (χ4v) is 1.76. The van der Waals surface area contributed by atoms with E-state index in [-0.39, 0.29) is 5.91 Å². The Hall–Kier alpha value is -2.43. The lowest BCUT2D eigenvalue weighted by Gasteiger charge is -2.20. The highest BCUT2D eigenvalue weighted by atomic mass is 16.5. The predicted molar refractivity (Wildman–Crippen MR) is 72.4 cm³/mol. The van der Waals surface area contributed by atoms with Gasteiger partial charge in [-0.1, -0.05) is 18.2 Å². The van der Waals surface area contributed by atoms with Crippen molar-refractivity contribution in [2.45, 2.75) is 6.92 Å². The molecule has 0 bridgehead atoms. The number of benzene rings is 1. The summed E-state index contributed by atoms with van der Waals surface area (Å²) in [5.41, 5.74) is 1.16. The summed E-state index contributed by atoms with van der Waals surface area (Å²) in [6.45, 7) is 2.48. The molecule has 1 aromatic heterocycles. The number of aromatic nitrogens is 2. The van der Waals surface area contributed by atoms with Crippen LogP contribution in [0.4, 0.5) is 5.69 Å². The molecule has 0 saturated heterocycles. The van der Waals surface area contributed by atoms with Crippen molar-refractivity contribution in [2.24, 2.45) is 0 Å². The molecule has 0 aliphatic rings. The number of carbonyl (C=O) groups is 1. The van der Waals surface area contributed by atoms with Crippen LogP contribution in [-0.2, 0) is 0 Å². The molecule has 5 nitrogen and oxygen atoms in total. The molecule has 0 fully saturated rings. The van der Waals surface area contributed by atoms with Crippen LogP contribution in [0.3, 0.4) is 0 Å². The number of methoxy groups -OCH3 is 1. The maximum Gasteiger partial charge on any atom is 0.277 e. The number of ether oxygens (including phenoxy) is 1. The Morgan fingerprint density at radius 2 is 2.00 bits per heavy atom. The first-order valence-electron chi connectivity index (χ1n) is 5.99. The Labute approximate surface area is 111 Å². The minimum absolute atomic E-state index is 0.172. The smallest absolute Gasteiger partial charge is 0.277 e. The largest absolute Gasteiger partial charge is 0.481 e. The first kappa shape index (κ1) is 13.0. The molecule has 1 aromatic carbocycles. The summed E-state index contributed by atoms with van der Waals surface area (Å²) >= 11 is 0. The van der Waals surface area contributed by atoms with Crippen molar-refractivity contribution in [2.75, 3.05) is 18.6 Å². The lowest BCUT2D eigenvalue weighted by atomic mass is 10.2. The van der Waals surface area contributed by atoms with Crippen molar-refractivity contribution in [1.29, 1.82) is 0 Å². The molecule has 0 N–H and O–H groups in total. The van der Waals surface area contributed by atoms with Gasteiger partial charge in [-0.25, -0.2) is 9.97 Å². The topological polar surface area (TPSA) is 55.3 Å². The summed E-state index contributed by atoms with van der Waals surface area (Å²) in [5, 5.41) is 0. The molecule has 2 aromatic rings. The van der Waals surface area contributed by atoms with Crippen LogP contribution in [0.15, 0.2) is 42.7 Å². The summed E-state index contributed by atoms with van der Waals surface area (Å²) in [4.78, 5) is 22.0. The molecule has 1 amide bonds. The maximum atomic E-state index is 12.4. The third kappa shape index (κ3) is 2.88. The van der Waals surface area contributed by atoms with Crippen molar-refractivity contribution in [3.8, 4) is 5.88 Å². The van der Waals surface area contributed by atoms with E-state index in [9.17, 15) is 4.79 Å². The van der Waals surface area contributed by atoms with Crippen LogP contribution in [0.1, 0.15) is 17.4 Å². The Morgan fingerprint density at radius 1 is 1.26 bits per heavy atom. The average molecular weight is 257 g/mol. The van der Waals surface area contributed by atoms with Gasteiger partial charge in [0.05, 0.1) is 7.11 Å². The normalized spacial score (nSPS) is 10.0. The molecule has 0 radical (unpaired) electrons. The minimum Gasteiger partial charge on any atom is -0.481 e. The van der Waals surface area contributed by atoms with E-state index < -0.39 is 0 Å². The summed E-state index contributed by atoms with van der Waals surface area (Å²) in [6.07, 6.45) is 1.32. The zero-order valence-corrected chi connectivity index (χ0v) is 10.9. The van der Waals surface area contributed by atoms with Gasteiger partial charge < -0.3 is 9.64 Å². The zero-order valence-electron chi connectivity index (χ0n) is 10.9. The van der Waals surface area contributed by atoms with E-state index in [1.54, 1.807) is 4.90 Å². The first-order valence-corrected chi connectivity index (χ1v) is 5.99. The van der Waals surface area contributed by atoms with E-state index in [2.05, 4.69) is 9.97 Å². The average Bonchev–Trinajstić information content (AvgIpc) is 2.49. The van der Waals surface area contributed by atoms with E-state index in [0.29, 0.717) is 18.1 Å².